The first-order valence-electron chi connectivity index (χ1n) is 12.8. The Kier molecular flexibility index (Phi) is 7.18. The third-order valence-corrected chi connectivity index (χ3v) is 7.55. The molecule has 0 amide bonds. The Morgan fingerprint density at radius 2 is 1.79 bits per heavy atom. The van der Waals surface area contributed by atoms with Crippen LogP contribution in [0.3, 0.4) is 0 Å². The molecule has 1 saturated carbocycles. The summed E-state index contributed by atoms with van der Waals surface area (Å²) in [5, 5.41) is 9.62. The molecule has 1 fully saturated rings. The second-order valence-corrected chi connectivity index (χ2v) is 10.2. The zero-order valence-corrected chi connectivity index (χ0v) is 21.4. The number of hydrogen-bond acceptors (Lipinski definition) is 4. The topological polar surface area (TPSA) is 65.0 Å². The molecule has 2 unspecified atom stereocenters. The van der Waals surface area contributed by atoms with Crippen LogP contribution < -0.4 is 14.2 Å². The van der Waals surface area contributed by atoms with E-state index in [-0.39, 0.29) is 22.8 Å². The highest BCUT2D eigenvalue weighted by Crippen LogP contribution is 2.48. The van der Waals surface area contributed by atoms with E-state index < -0.39 is 35.9 Å². The molecule has 3 atom stereocenters. The lowest BCUT2D eigenvalue weighted by Gasteiger charge is -2.29. The van der Waals surface area contributed by atoms with Crippen molar-refractivity contribution in [2.45, 2.75) is 51.0 Å². The van der Waals surface area contributed by atoms with Crippen LogP contribution in [-0.2, 0) is 11.2 Å². The predicted octanol–water partition coefficient (Wildman–Crippen LogP) is 7.68. The molecule has 0 saturated heterocycles. The standard InChI is InChI=1S/C30H28F4O5/c1-16(29(35)36)28(18-4-5-18)20-6-3-17-8-12-25(38-26(17)14-20)19-7-10-22(27(13-19)39-30(32,33)34)23-15-21(37-2)9-11-24(23)31/h3,6-7,9-11,13-16,18,25,28H,4-5,8,12H2,1-2H3,(H,35,36)/t16-,25?,28?/m0/s1. The zero-order chi connectivity index (χ0) is 27.9. The molecular weight excluding hydrogens is 516 g/mol. The number of carbonyl (C=O) groups is 1. The summed E-state index contributed by atoms with van der Waals surface area (Å²) in [6, 6.07) is 13.8. The van der Waals surface area contributed by atoms with Gasteiger partial charge in [0, 0.05) is 11.1 Å². The fraction of sp³-hybridized carbons (Fsp3) is 0.367. The molecule has 0 spiro atoms. The second kappa shape index (κ2) is 10.4. The number of fused-ring (bicyclic) bond motifs is 1. The Morgan fingerprint density at radius 3 is 2.46 bits per heavy atom. The summed E-state index contributed by atoms with van der Waals surface area (Å²) in [7, 11) is 1.38. The van der Waals surface area contributed by atoms with Gasteiger partial charge in [0.1, 0.15) is 29.2 Å². The first kappa shape index (κ1) is 26.8. The molecule has 1 aliphatic heterocycles. The lowest BCUT2D eigenvalue weighted by Crippen LogP contribution is -2.21. The van der Waals surface area contributed by atoms with Crippen LogP contribution in [0.2, 0.25) is 0 Å². The van der Waals surface area contributed by atoms with Gasteiger partial charge in [0.2, 0.25) is 0 Å². The molecule has 0 bridgehead atoms. The van der Waals surface area contributed by atoms with Gasteiger partial charge in [0.25, 0.3) is 0 Å². The molecule has 3 aromatic rings. The number of halogens is 4. The fourth-order valence-corrected chi connectivity index (χ4v) is 5.41. The second-order valence-electron chi connectivity index (χ2n) is 10.2. The Bertz CT molecular complexity index is 1380. The molecule has 1 N–H and O–H groups in total. The van der Waals surface area contributed by atoms with Crippen molar-refractivity contribution in [1.82, 2.24) is 0 Å². The molecule has 0 radical (unpaired) electrons. The molecular formula is C30H28F4O5. The summed E-state index contributed by atoms with van der Waals surface area (Å²) < 4.78 is 70.4. The number of benzene rings is 3. The van der Waals surface area contributed by atoms with Crippen LogP contribution in [0.4, 0.5) is 17.6 Å². The van der Waals surface area contributed by atoms with Crippen molar-refractivity contribution in [1.29, 1.82) is 0 Å². The Morgan fingerprint density at radius 1 is 1.03 bits per heavy atom. The third-order valence-electron chi connectivity index (χ3n) is 7.55. The first-order chi connectivity index (χ1) is 18.5. The largest absolute Gasteiger partial charge is 0.573 e. The van der Waals surface area contributed by atoms with Crippen molar-refractivity contribution in [3.8, 4) is 28.4 Å². The Hall–Kier alpha value is -3.75. The van der Waals surface area contributed by atoms with Crippen LogP contribution in [0, 0.1) is 17.7 Å². The van der Waals surface area contributed by atoms with E-state index in [0.29, 0.717) is 30.1 Å². The number of carboxylic acids is 1. The van der Waals surface area contributed by atoms with Gasteiger partial charge in [-0.1, -0.05) is 31.2 Å². The molecule has 206 valence electrons. The predicted molar refractivity (Wildman–Crippen MR) is 135 cm³/mol. The number of ether oxygens (including phenoxy) is 3. The van der Waals surface area contributed by atoms with Gasteiger partial charge in [-0.3, -0.25) is 4.79 Å². The number of methoxy groups -OCH3 is 1. The summed E-state index contributed by atoms with van der Waals surface area (Å²) in [5.41, 5.74) is 2.14. The normalized spacial score (nSPS) is 18.5. The number of hydrogen-bond donors (Lipinski definition) is 1. The fourth-order valence-electron chi connectivity index (χ4n) is 5.41. The SMILES string of the molecule is COc1ccc(F)c(-c2ccc(C3CCc4ccc(C(C5CC5)[C@H](C)C(=O)O)cc4O3)cc2OC(F)(F)F)c1. The Balaban J connectivity index is 1.47. The van der Waals surface area contributed by atoms with E-state index in [2.05, 4.69) is 4.74 Å². The molecule has 39 heavy (non-hydrogen) atoms. The smallest absolute Gasteiger partial charge is 0.497 e. The van der Waals surface area contributed by atoms with Crippen molar-refractivity contribution in [3.05, 3.63) is 77.1 Å². The Labute approximate surface area is 223 Å². The van der Waals surface area contributed by atoms with Crippen molar-refractivity contribution >= 4 is 5.97 Å². The molecule has 3 aromatic carbocycles. The van der Waals surface area contributed by atoms with Gasteiger partial charge in [0.15, 0.2) is 0 Å². The molecule has 5 nitrogen and oxygen atoms in total. The van der Waals surface area contributed by atoms with Crippen LogP contribution in [0.1, 0.15) is 54.9 Å². The van der Waals surface area contributed by atoms with Gasteiger partial charge in [-0.05, 0) is 84.5 Å². The number of alkyl halides is 3. The third kappa shape index (κ3) is 5.82. The van der Waals surface area contributed by atoms with Crippen LogP contribution >= 0.6 is 0 Å². The van der Waals surface area contributed by atoms with Crippen LogP contribution in [0.15, 0.2) is 54.6 Å². The lowest BCUT2D eigenvalue weighted by atomic mass is 9.82. The minimum absolute atomic E-state index is 0.0686. The van der Waals surface area contributed by atoms with Crippen molar-refractivity contribution in [3.63, 3.8) is 0 Å². The van der Waals surface area contributed by atoms with E-state index in [9.17, 15) is 27.5 Å². The summed E-state index contributed by atoms with van der Waals surface area (Å²) in [4.78, 5) is 11.7. The summed E-state index contributed by atoms with van der Waals surface area (Å²) in [6.45, 7) is 1.71. The van der Waals surface area contributed by atoms with Gasteiger partial charge in [0.05, 0.1) is 13.0 Å². The van der Waals surface area contributed by atoms with E-state index in [1.54, 1.807) is 13.0 Å². The quantitative estimate of drug-likeness (QED) is 0.295. The molecule has 9 heteroatoms. The maximum absolute atomic E-state index is 14.6. The van der Waals surface area contributed by atoms with Crippen LogP contribution in [0.5, 0.6) is 17.2 Å². The minimum atomic E-state index is -4.99. The maximum atomic E-state index is 14.6. The average Bonchev–Trinajstić information content (AvgIpc) is 3.73. The number of aliphatic carboxylic acids is 1. The zero-order valence-electron chi connectivity index (χ0n) is 21.4. The molecule has 1 aliphatic carbocycles. The van der Waals surface area contributed by atoms with Crippen LogP contribution in [0.25, 0.3) is 11.1 Å². The highest BCUT2D eigenvalue weighted by atomic mass is 19.4. The van der Waals surface area contributed by atoms with E-state index in [0.717, 1.165) is 30.0 Å². The van der Waals surface area contributed by atoms with Gasteiger partial charge in [-0.2, -0.15) is 0 Å². The first-order valence-corrected chi connectivity index (χ1v) is 12.8. The van der Waals surface area contributed by atoms with Crippen molar-refractivity contribution in [2.75, 3.05) is 7.11 Å². The lowest BCUT2D eigenvalue weighted by molar-refractivity contribution is -0.274. The number of carboxylic acid groups (broad SMARTS) is 1. The summed E-state index contributed by atoms with van der Waals surface area (Å²) in [6.07, 6.45) is -2.46. The summed E-state index contributed by atoms with van der Waals surface area (Å²) in [5.74, 6) is -1.62. The molecule has 5 rings (SSSR count). The van der Waals surface area contributed by atoms with Gasteiger partial charge in [-0.15, -0.1) is 13.2 Å². The van der Waals surface area contributed by atoms with Crippen molar-refractivity contribution < 1.29 is 41.7 Å². The van der Waals surface area contributed by atoms with Crippen LogP contribution in [-0.4, -0.2) is 24.5 Å². The maximum Gasteiger partial charge on any atom is 0.573 e. The van der Waals surface area contributed by atoms with Gasteiger partial charge < -0.3 is 19.3 Å². The molecule has 2 aliphatic rings. The van der Waals surface area contributed by atoms with E-state index in [1.807, 2.05) is 18.2 Å². The van der Waals surface area contributed by atoms with Gasteiger partial charge in [-0.25, -0.2) is 4.39 Å². The van der Waals surface area contributed by atoms with E-state index in [4.69, 9.17) is 9.47 Å². The highest BCUT2D eigenvalue weighted by molar-refractivity contribution is 5.73. The minimum Gasteiger partial charge on any atom is -0.497 e. The number of aryl methyl sites for hydroxylation is 1. The molecule has 0 aromatic heterocycles. The highest BCUT2D eigenvalue weighted by Gasteiger charge is 2.39. The van der Waals surface area contributed by atoms with Crippen molar-refractivity contribution in [2.24, 2.45) is 11.8 Å². The summed E-state index contributed by atoms with van der Waals surface area (Å²) >= 11 is 0. The number of rotatable bonds is 8. The molecule has 1 heterocycles. The average molecular weight is 545 g/mol. The van der Waals surface area contributed by atoms with Gasteiger partial charge >= 0.3 is 12.3 Å². The van der Waals surface area contributed by atoms with E-state index in [1.165, 1.54) is 31.4 Å². The monoisotopic (exact) mass is 544 g/mol. The van der Waals surface area contributed by atoms with E-state index >= 15 is 0 Å².